The van der Waals surface area contributed by atoms with Crippen LogP contribution in [0.5, 0.6) is 0 Å². The summed E-state index contributed by atoms with van der Waals surface area (Å²) in [5.41, 5.74) is 0.826. The van der Waals surface area contributed by atoms with E-state index in [9.17, 15) is 4.79 Å². The van der Waals surface area contributed by atoms with Crippen LogP contribution in [0.25, 0.3) is 0 Å². The fourth-order valence-corrected chi connectivity index (χ4v) is 3.10. The van der Waals surface area contributed by atoms with Crippen molar-refractivity contribution in [2.45, 2.75) is 45.1 Å². The lowest BCUT2D eigenvalue weighted by molar-refractivity contribution is -0.121. The predicted octanol–water partition coefficient (Wildman–Crippen LogP) is 4.23. The van der Waals surface area contributed by atoms with E-state index in [1.165, 1.54) is 19.3 Å². The van der Waals surface area contributed by atoms with E-state index in [4.69, 9.17) is 23.2 Å². The lowest BCUT2D eigenvalue weighted by Crippen LogP contribution is -2.41. The van der Waals surface area contributed by atoms with Gasteiger partial charge in [0.2, 0.25) is 5.91 Å². The lowest BCUT2D eigenvalue weighted by Gasteiger charge is -2.29. The van der Waals surface area contributed by atoms with Crippen LogP contribution in [-0.4, -0.2) is 11.9 Å². The molecule has 1 aromatic rings. The van der Waals surface area contributed by atoms with Crippen LogP contribution < -0.4 is 5.32 Å². The van der Waals surface area contributed by atoms with Crippen molar-refractivity contribution in [1.29, 1.82) is 0 Å². The Labute approximate surface area is 124 Å². The largest absolute Gasteiger partial charge is 0.353 e. The van der Waals surface area contributed by atoms with Crippen molar-refractivity contribution in [1.82, 2.24) is 5.32 Å². The Bertz CT molecular complexity index is 461. The number of hydrogen-bond acceptors (Lipinski definition) is 1. The van der Waals surface area contributed by atoms with E-state index in [1.807, 2.05) is 6.07 Å². The molecule has 0 saturated heterocycles. The van der Waals surface area contributed by atoms with Crippen molar-refractivity contribution >= 4 is 29.1 Å². The SMILES string of the molecule is C[C@H]1CCCC[C@H]1NC(=O)Cc1ccc(Cl)cc1Cl. The molecule has 0 aromatic heterocycles. The monoisotopic (exact) mass is 299 g/mol. The van der Waals surface area contributed by atoms with Gasteiger partial charge in [-0.25, -0.2) is 0 Å². The minimum Gasteiger partial charge on any atom is -0.353 e. The molecule has 0 aliphatic heterocycles. The normalized spacial score (nSPS) is 23.1. The van der Waals surface area contributed by atoms with Crippen molar-refractivity contribution in [3.8, 4) is 0 Å². The molecular weight excluding hydrogens is 281 g/mol. The van der Waals surface area contributed by atoms with Gasteiger partial charge in [0.15, 0.2) is 0 Å². The van der Waals surface area contributed by atoms with E-state index in [1.54, 1.807) is 12.1 Å². The Hall–Kier alpha value is -0.730. The zero-order valence-electron chi connectivity index (χ0n) is 11.1. The summed E-state index contributed by atoms with van der Waals surface area (Å²) in [5, 5.41) is 4.28. The highest BCUT2D eigenvalue weighted by atomic mass is 35.5. The molecule has 0 radical (unpaired) electrons. The van der Waals surface area contributed by atoms with Gasteiger partial charge >= 0.3 is 0 Å². The summed E-state index contributed by atoms with van der Waals surface area (Å²) in [6, 6.07) is 5.57. The standard InChI is InChI=1S/C15H19Cl2NO/c1-10-4-2-3-5-14(10)18-15(19)8-11-6-7-12(16)9-13(11)17/h6-7,9-10,14H,2-5,8H2,1H3,(H,18,19)/t10-,14+/m0/s1. The van der Waals surface area contributed by atoms with Gasteiger partial charge in [-0.2, -0.15) is 0 Å². The molecule has 104 valence electrons. The third-order valence-corrected chi connectivity index (χ3v) is 4.41. The van der Waals surface area contributed by atoms with Crippen molar-refractivity contribution < 1.29 is 4.79 Å². The number of amides is 1. The summed E-state index contributed by atoms with van der Waals surface area (Å²) in [6.45, 7) is 2.21. The van der Waals surface area contributed by atoms with Crippen molar-refractivity contribution in [2.75, 3.05) is 0 Å². The molecule has 1 N–H and O–H groups in total. The van der Waals surface area contributed by atoms with Gasteiger partial charge in [0.25, 0.3) is 0 Å². The average molecular weight is 300 g/mol. The minimum atomic E-state index is 0.0444. The first-order valence-electron chi connectivity index (χ1n) is 6.79. The van der Waals surface area contributed by atoms with Crippen LogP contribution in [0.2, 0.25) is 10.0 Å². The third kappa shape index (κ3) is 4.12. The second kappa shape index (κ2) is 6.62. The maximum absolute atomic E-state index is 12.1. The number of carbonyl (C=O) groups excluding carboxylic acids is 1. The highest BCUT2D eigenvalue weighted by Crippen LogP contribution is 2.24. The maximum atomic E-state index is 12.1. The van der Waals surface area contributed by atoms with Crippen molar-refractivity contribution in [2.24, 2.45) is 5.92 Å². The Morgan fingerprint density at radius 1 is 1.32 bits per heavy atom. The first-order valence-corrected chi connectivity index (χ1v) is 7.55. The smallest absolute Gasteiger partial charge is 0.224 e. The molecule has 19 heavy (non-hydrogen) atoms. The Morgan fingerprint density at radius 2 is 2.05 bits per heavy atom. The maximum Gasteiger partial charge on any atom is 0.224 e. The van der Waals surface area contributed by atoms with E-state index in [-0.39, 0.29) is 5.91 Å². The Kier molecular flexibility index (Phi) is 5.12. The summed E-state index contributed by atoms with van der Waals surface area (Å²) in [4.78, 5) is 12.1. The summed E-state index contributed by atoms with van der Waals surface area (Å²) in [5.74, 6) is 0.612. The first-order chi connectivity index (χ1) is 9.06. The van der Waals surface area contributed by atoms with Gasteiger partial charge in [0, 0.05) is 16.1 Å². The molecule has 1 amide bonds. The molecule has 4 heteroatoms. The second-order valence-electron chi connectivity index (χ2n) is 5.35. The molecule has 0 heterocycles. The summed E-state index contributed by atoms with van der Waals surface area (Å²) in [7, 11) is 0. The number of halogens is 2. The fraction of sp³-hybridized carbons (Fsp3) is 0.533. The molecule has 1 aliphatic rings. The Morgan fingerprint density at radius 3 is 2.74 bits per heavy atom. The van der Waals surface area contributed by atoms with Crippen molar-refractivity contribution in [3.05, 3.63) is 33.8 Å². The van der Waals surface area contributed by atoms with Crippen LogP contribution in [0.4, 0.5) is 0 Å². The number of hydrogen-bond donors (Lipinski definition) is 1. The Balaban J connectivity index is 1.93. The van der Waals surface area contributed by atoms with Gasteiger partial charge in [-0.05, 0) is 36.5 Å². The van der Waals surface area contributed by atoms with Crippen molar-refractivity contribution in [3.63, 3.8) is 0 Å². The highest BCUT2D eigenvalue weighted by molar-refractivity contribution is 6.35. The molecule has 1 saturated carbocycles. The number of carbonyl (C=O) groups is 1. The molecule has 0 unspecified atom stereocenters. The molecule has 0 spiro atoms. The van der Waals surface area contributed by atoms with Crippen LogP contribution in [0, 0.1) is 5.92 Å². The third-order valence-electron chi connectivity index (χ3n) is 3.82. The van der Waals surface area contributed by atoms with E-state index >= 15 is 0 Å². The predicted molar refractivity (Wildman–Crippen MR) is 79.7 cm³/mol. The quantitative estimate of drug-likeness (QED) is 0.889. The average Bonchev–Trinajstić information content (AvgIpc) is 2.36. The minimum absolute atomic E-state index is 0.0444. The van der Waals surface area contributed by atoms with E-state index in [2.05, 4.69) is 12.2 Å². The molecule has 2 atom stereocenters. The van der Waals surface area contributed by atoms with E-state index in [0.29, 0.717) is 28.4 Å². The van der Waals surface area contributed by atoms with E-state index in [0.717, 1.165) is 12.0 Å². The highest BCUT2D eigenvalue weighted by Gasteiger charge is 2.22. The molecule has 1 fully saturated rings. The lowest BCUT2D eigenvalue weighted by atomic mass is 9.86. The molecule has 0 bridgehead atoms. The van der Waals surface area contributed by atoms with Gasteiger partial charge in [-0.1, -0.05) is 49.0 Å². The van der Waals surface area contributed by atoms with Gasteiger partial charge in [0.1, 0.15) is 0 Å². The van der Waals surface area contributed by atoms with Gasteiger partial charge in [-0.15, -0.1) is 0 Å². The summed E-state index contributed by atoms with van der Waals surface area (Å²) in [6.07, 6.45) is 5.08. The molecule has 2 rings (SSSR count). The van der Waals surface area contributed by atoms with E-state index < -0.39 is 0 Å². The summed E-state index contributed by atoms with van der Waals surface area (Å²) < 4.78 is 0. The molecular formula is C15H19Cl2NO. The summed E-state index contributed by atoms with van der Waals surface area (Å²) >= 11 is 11.9. The number of nitrogens with one attached hydrogen (secondary N) is 1. The van der Waals surface area contributed by atoms with Crippen LogP contribution in [0.15, 0.2) is 18.2 Å². The van der Waals surface area contributed by atoms with Crippen LogP contribution in [0.1, 0.15) is 38.2 Å². The second-order valence-corrected chi connectivity index (χ2v) is 6.19. The fourth-order valence-electron chi connectivity index (χ4n) is 2.63. The zero-order valence-corrected chi connectivity index (χ0v) is 12.6. The number of rotatable bonds is 3. The molecule has 1 aromatic carbocycles. The van der Waals surface area contributed by atoms with Crippen LogP contribution >= 0.6 is 23.2 Å². The molecule has 2 nitrogen and oxygen atoms in total. The topological polar surface area (TPSA) is 29.1 Å². The van der Waals surface area contributed by atoms with Gasteiger partial charge < -0.3 is 5.32 Å². The first kappa shape index (κ1) is 14.7. The molecule has 1 aliphatic carbocycles. The van der Waals surface area contributed by atoms with Crippen LogP contribution in [0.3, 0.4) is 0 Å². The van der Waals surface area contributed by atoms with Crippen LogP contribution in [-0.2, 0) is 11.2 Å². The zero-order chi connectivity index (χ0) is 13.8. The number of benzene rings is 1. The van der Waals surface area contributed by atoms with Gasteiger partial charge in [-0.3, -0.25) is 4.79 Å². The van der Waals surface area contributed by atoms with Gasteiger partial charge in [0.05, 0.1) is 6.42 Å².